The summed E-state index contributed by atoms with van der Waals surface area (Å²) in [7, 11) is 1.72. The highest BCUT2D eigenvalue weighted by atomic mass is 35.5. The molecule has 1 aliphatic rings. The molecule has 0 bridgehead atoms. The number of rotatable bonds is 6. The lowest BCUT2D eigenvalue weighted by Gasteiger charge is -2.35. The van der Waals surface area contributed by atoms with Gasteiger partial charge in [0.25, 0.3) is 0 Å². The molecule has 8 heteroatoms. The molecular formula is C17H24ClN3O4. The fraction of sp³-hybridized carbons (Fsp3) is 0.529. The second-order valence-electron chi connectivity index (χ2n) is 6.22. The second kappa shape index (κ2) is 9.03. The van der Waals surface area contributed by atoms with Crippen molar-refractivity contribution in [3.63, 3.8) is 0 Å². The fourth-order valence-electron chi connectivity index (χ4n) is 2.84. The lowest BCUT2D eigenvalue weighted by molar-refractivity contribution is -0.138. The summed E-state index contributed by atoms with van der Waals surface area (Å²) in [5.74, 6) is -0.888. The Kier molecular flexibility index (Phi) is 7.04. The number of likely N-dealkylation sites (N-methyl/N-ethyl adjacent to an activating group) is 1. The topological polar surface area (TPSA) is 82.1 Å². The minimum atomic E-state index is -0.888. The molecule has 7 nitrogen and oxygen atoms in total. The van der Waals surface area contributed by atoms with Gasteiger partial charge in [0.1, 0.15) is 0 Å². The van der Waals surface area contributed by atoms with Crippen molar-refractivity contribution in [2.24, 2.45) is 0 Å². The van der Waals surface area contributed by atoms with Crippen LogP contribution in [0.1, 0.15) is 18.5 Å². The van der Waals surface area contributed by atoms with Gasteiger partial charge in [-0.2, -0.15) is 0 Å². The van der Waals surface area contributed by atoms with Gasteiger partial charge < -0.3 is 20.1 Å². The highest BCUT2D eigenvalue weighted by molar-refractivity contribution is 6.31. The summed E-state index contributed by atoms with van der Waals surface area (Å²) in [6.45, 7) is 3.63. The van der Waals surface area contributed by atoms with Crippen LogP contribution in [0.2, 0.25) is 5.02 Å². The van der Waals surface area contributed by atoms with Crippen molar-refractivity contribution >= 4 is 23.6 Å². The van der Waals surface area contributed by atoms with Crippen LogP contribution in [-0.2, 0) is 9.53 Å². The third kappa shape index (κ3) is 5.88. The SMILES string of the molecule is C[C@H](NC(=O)N1CCOC(CN(C)CC(=O)O)C1)c1ccccc1Cl. The predicted molar refractivity (Wildman–Crippen MR) is 94.8 cm³/mol. The van der Waals surface area contributed by atoms with Gasteiger partial charge in [0.2, 0.25) is 0 Å². The highest BCUT2D eigenvalue weighted by Crippen LogP contribution is 2.22. The largest absolute Gasteiger partial charge is 0.480 e. The Labute approximate surface area is 152 Å². The number of benzene rings is 1. The minimum Gasteiger partial charge on any atom is -0.480 e. The van der Waals surface area contributed by atoms with Crippen LogP contribution in [0, 0.1) is 0 Å². The van der Waals surface area contributed by atoms with Gasteiger partial charge in [-0.15, -0.1) is 0 Å². The summed E-state index contributed by atoms with van der Waals surface area (Å²) in [6.07, 6.45) is -0.209. The molecular weight excluding hydrogens is 346 g/mol. The molecule has 1 aromatic rings. The zero-order chi connectivity index (χ0) is 18.4. The number of aliphatic carboxylic acids is 1. The number of morpholine rings is 1. The number of urea groups is 1. The standard InChI is InChI=1S/C17H24ClN3O4/c1-12(14-5-3-4-6-15(14)18)19-17(24)21-7-8-25-13(10-21)9-20(2)11-16(22)23/h3-6,12-13H,7-11H2,1-2H3,(H,19,24)(H,22,23)/t12-,13?/m0/s1. The highest BCUT2D eigenvalue weighted by Gasteiger charge is 2.26. The van der Waals surface area contributed by atoms with E-state index >= 15 is 0 Å². The first kappa shape index (κ1) is 19.5. The third-order valence-electron chi connectivity index (χ3n) is 4.06. The number of carboxylic acids is 1. The first-order valence-corrected chi connectivity index (χ1v) is 8.56. The van der Waals surface area contributed by atoms with Gasteiger partial charge in [-0.05, 0) is 25.6 Å². The summed E-state index contributed by atoms with van der Waals surface area (Å²) >= 11 is 6.17. The maximum absolute atomic E-state index is 12.5. The van der Waals surface area contributed by atoms with E-state index in [1.54, 1.807) is 22.9 Å². The van der Waals surface area contributed by atoms with E-state index < -0.39 is 5.97 Å². The molecule has 1 unspecified atom stereocenters. The van der Waals surface area contributed by atoms with Crippen molar-refractivity contribution in [1.82, 2.24) is 15.1 Å². The number of nitrogens with one attached hydrogen (secondary N) is 1. The summed E-state index contributed by atoms with van der Waals surface area (Å²) in [6, 6.07) is 7.02. The second-order valence-corrected chi connectivity index (χ2v) is 6.63. The van der Waals surface area contributed by atoms with Gasteiger partial charge >= 0.3 is 12.0 Å². The molecule has 1 saturated heterocycles. The molecule has 1 aromatic carbocycles. The van der Waals surface area contributed by atoms with Gasteiger partial charge in [-0.3, -0.25) is 9.69 Å². The van der Waals surface area contributed by atoms with Gasteiger partial charge in [-0.1, -0.05) is 29.8 Å². The van der Waals surface area contributed by atoms with Crippen LogP contribution < -0.4 is 5.32 Å². The Morgan fingerprint density at radius 1 is 1.48 bits per heavy atom. The molecule has 2 atom stereocenters. The molecule has 1 fully saturated rings. The zero-order valence-corrected chi connectivity index (χ0v) is 15.2. The molecule has 138 valence electrons. The van der Waals surface area contributed by atoms with E-state index in [9.17, 15) is 9.59 Å². The molecule has 2 N–H and O–H groups in total. The zero-order valence-electron chi connectivity index (χ0n) is 14.4. The molecule has 0 spiro atoms. The number of halogens is 1. The number of amides is 2. The predicted octanol–water partition coefficient (Wildman–Crippen LogP) is 1.83. The lowest BCUT2D eigenvalue weighted by atomic mass is 10.1. The number of ether oxygens (including phenoxy) is 1. The summed E-state index contributed by atoms with van der Waals surface area (Å²) < 4.78 is 5.64. The van der Waals surface area contributed by atoms with Gasteiger partial charge in [0.15, 0.2) is 0 Å². The van der Waals surface area contributed by atoms with Crippen LogP contribution in [0.15, 0.2) is 24.3 Å². The van der Waals surface area contributed by atoms with E-state index in [1.807, 2.05) is 25.1 Å². The van der Waals surface area contributed by atoms with Gasteiger partial charge in [0, 0.05) is 24.7 Å². The Morgan fingerprint density at radius 3 is 2.88 bits per heavy atom. The van der Waals surface area contributed by atoms with E-state index in [0.717, 1.165) is 5.56 Å². The van der Waals surface area contributed by atoms with E-state index in [2.05, 4.69) is 5.32 Å². The van der Waals surface area contributed by atoms with E-state index in [4.69, 9.17) is 21.4 Å². The molecule has 2 amide bonds. The number of carbonyl (C=O) groups is 2. The van der Waals surface area contributed by atoms with E-state index in [1.165, 1.54) is 0 Å². The van der Waals surface area contributed by atoms with E-state index in [0.29, 0.717) is 31.3 Å². The Bertz CT molecular complexity index is 613. The van der Waals surface area contributed by atoms with Crippen LogP contribution in [0.25, 0.3) is 0 Å². The van der Waals surface area contributed by atoms with Crippen molar-refractivity contribution in [3.8, 4) is 0 Å². The normalized spacial score (nSPS) is 18.9. The molecule has 1 heterocycles. The van der Waals surface area contributed by atoms with Crippen LogP contribution in [-0.4, -0.2) is 72.8 Å². The summed E-state index contributed by atoms with van der Waals surface area (Å²) in [4.78, 5) is 26.6. The van der Waals surface area contributed by atoms with Crippen LogP contribution in [0.5, 0.6) is 0 Å². The Balaban J connectivity index is 1.88. The van der Waals surface area contributed by atoms with Crippen LogP contribution in [0.4, 0.5) is 4.79 Å². The average molecular weight is 370 g/mol. The number of carbonyl (C=O) groups excluding carboxylic acids is 1. The molecule has 0 aromatic heterocycles. The molecule has 0 saturated carbocycles. The third-order valence-corrected chi connectivity index (χ3v) is 4.40. The number of hydrogen-bond donors (Lipinski definition) is 2. The quantitative estimate of drug-likeness (QED) is 0.799. The first-order valence-electron chi connectivity index (χ1n) is 8.18. The average Bonchev–Trinajstić information content (AvgIpc) is 2.54. The fourth-order valence-corrected chi connectivity index (χ4v) is 3.14. The molecule has 0 radical (unpaired) electrons. The van der Waals surface area contributed by atoms with Crippen molar-refractivity contribution in [2.75, 3.05) is 39.8 Å². The summed E-state index contributed by atoms with van der Waals surface area (Å²) in [5.41, 5.74) is 0.864. The molecule has 1 aliphatic heterocycles. The van der Waals surface area contributed by atoms with Gasteiger partial charge in [0.05, 0.1) is 25.3 Å². The van der Waals surface area contributed by atoms with Crippen LogP contribution >= 0.6 is 11.6 Å². The smallest absolute Gasteiger partial charge is 0.318 e. The molecule has 25 heavy (non-hydrogen) atoms. The van der Waals surface area contributed by atoms with E-state index in [-0.39, 0.29) is 24.7 Å². The molecule has 0 aliphatic carbocycles. The molecule has 2 rings (SSSR count). The van der Waals surface area contributed by atoms with Crippen molar-refractivity contribution in [2.45, 2.75) is 19.1 Å². The Hall–Kier alpha value is -1.83. The number of nitrogens with zero attached hydrogens (tertiary/aromatic N) is 2. The summed E-state index contributed by atoms with van der Waals surface area (Å²) in [5, 5.41) is 12.4. The maximum atomic E-state index is 12.5. The van der Waals surface area contributed by atoms with Gasteiger partial charge in [-0.25, -0.2) is 4.79 Å². The number of hydrogen-bond acceptors (Lipinski definition) is 4. The Morgan fingerprint density at radius 2 is 2.20 bits per heavy atom. The monoisotopic (exact) mass is 369 g/mol. The maximum Gasteiger partial charge on any atom is 0.318 e. The van der Waals surface area contributed by atoms with Crippen molar-refractivity contribution in [3.05, 3.63) is 34.9 Å². The lowest BCUT2D eigenvalue weighted by Crippen LogP contribution is -2.52. The number of carboxylic acid groups (broad SMARTS) is 1. The van der Waals surface area contributed by atoms with Crippen LogP contribution in [0.3, 0.4) is 0 Å². The first-order chi connectivity index (χ1) is 11.9. The van der Waals surface area contributed by atoms with Crippen molar-refractivity contribution in [1.29, 1.82) is 0 Å². The minimum absolute atomic E-state index is 0.0599. The van der Waals surface area contributed by atoms with Crippen molar-refractivity contribution < 1.29 is 19.4 Å².